The lowest BCUT2D eigenvalue weighted by atomic mass is 10.1. The molecule has 0 spiro atoms. The van der Waals surface area contributed by atoms with Crippen LogP contribution < -0.4 is 14.8 Å². The molecule has 1 aliphatic rings. The molecule has 0 atom stereocenters. The van der Waals surface area contributed by atoms with Gasteiger partial charge in [0.2, 0.25) is 17.0 Å². The maximum Gasteiger partial charge on any atom is 0.294 e. The molecule has 0 aliphatic carbocycles. The molecule has 196 valence electrons. The number of benzene rings is 2. The molecule has 2 heterocycles. The van der Waals surface area contributed by atoms with E-state index in [-0.39, 0.29) is 34.2 Å². The number of nitrogens with zero attached hydrogens (tertiary/aromatic N) is 3. The fourth-order valence-corrected chi connectivity index (χ4v) is 4.39. The smallest absolute Gasteiger partial charge is 0.294 e. The molecule has 9 nitrogen and oxygen atoms in total. The van der Waals surface area contributed by atoms with Crippen LogP contribution in [0.15, 0.2) is 53.6 Å². The van der Waals surface area contributed by atoms with Crippen LogP contribution in [0.1, 0.15) is 25.0 Å². The third kappa shape index (κ3) is 6.48. The van der Waals surface area contributed by atoms with Crippen LogP contribution >= 0.6 is 23.4 Å². The highest BCUT2D eigenvalue weighted by molar-refractivity contribution is 8.18. The molecule has 0 bridgehead atoms. The minimum atomic E-state index is -0.809. The van der Waals surface area contributed by atoms with Crippen molar-refractivity contribution in [1.82, 2.24) is 14.9 Å². The molecule has 38 heavy (non-hydrogen) atoms. The van der Waals surface area contributed by atoms with E-state index in [1.54, 1.807) is 31.2 Å². The number of halogens is 2. The van der Waals surface area contributed by atoms with E-state index in [1.165, 1.54) is 12.1 Å². The highest BCUT2D eigenvalue weighted by atomic mass is 35.5. The summed E-state index contributed by atoms with van der Waals surface area (Å²) in [5.41, 5.74) is 2.22. The summed E-state index contributed by atoms with van der Waals surface area (Å²) in [6.45, 7) is 3.65. The molecule has 12 heteroatoms. The Bertz CT molecular complexity index is 1420. The summed E-state index contributed by atoms with van der Waals surface area (Å²) in [6.07, 6.45) is 3.26. The summed E-state index contributed by atoms with van der Waals surface area (Å²) < 4.78 is 25.1. The fraction of sp³-hybridized carbons (Fsp3) is 0.192. The molecule has 0 unspecified atom stereocenters. The summed E-state index contributed by atoms with van der Waals surface area (Å²) >= 11 is 6.45. The third-order valence-electron chi connectivity index (χ3n) is 5.28. The molecule has 1 saturated heterocycles. The van der Waals surface area contributed by atoms with Crippen LogP contribution in [-0.2, 0) is 16.0 Å². The number of amides is 3. The number of carbonyl (C=O) groups is 3. The number of aryl methyl sites for hydroxylation is 1. The van der Waals surface area contributed by atoms with Crippen molar-refractivity contribution in [3.05, 3.63) is 75.8 Å². The van der Waals surface area contributed by atoms with Gasteiger partial charge in [-0.3, -0.25) is 19.3 Å². The van der Waals surface area contributed by atoms with Crippen molar-refractivity contribution in [3.63, 3.8) is 0 Å². The van der Waals surface area contributed by atoms with Gasteiger partial charge in [0.05, 0.1) is 17.7 Å². The van der Waals surface area contributed by atoms with E-state index < -0.39 is 29.4 Å². The molecule has 3 amide bonds. The molecule has 3 aromatic rings. The Kier molecular flexibility index (Phi) is 8.59. The monoisotopic (exact) mass is 556 g/mol. The van der Waals surface area contributed by atoms with Gasteiger partial charge in [-0.25, -0.2) is 4.98 Å². The molecular weight excluding hydrogens is 535 g/mol. The number of carbonyl (C=O) groups excluding carboxylic acids is 3. The van der Waals surface area contributed by atoms with Crippen LogP contribution in [0.4, 0.5) is 14.9 Å². The van der Waals surface area contributed by atoms with Crippen LogP contribution in [0.5, 0.6) is 17.4 Å². The van der Waals surface area contributed by atoms with Gasteiger partial charge in [0.25, 0.3) is 17.0 Å². The molecule has 0 radical (unpaired) electrons. The molecule has 4 rings (SSSR count). The van der Waals surface area contributed by atoms with E-state index in [1.807, 2.05) is 19.1 Å². The highest BCUT2D eigenvalue weighted by Gasteiger charge is 2.36. The third-order valence-corrected chi connectivity index (χ3v) is 6.37. The van der Waals surface area contributed by atoms with Crippen molar-refractivity contribution in [2.75, 3.05) is 18.5 Å². The first kappa shape index (κ1) is 27.1. The number of hydrogen-bond acceptors (Lipinski definition) is 8. The van der Waals surface area contributed by atoms with Crippen LogP contribution in [0, 0.1) is 5.82 Å². The average molecular weight is 557 g/mol. The first-order chi connectivity index (χ1) is 18.3. The lowest BCUT2D eigenvalue weighted by molar-refractivity contribution is -0.127. The standard InChI is InChI=1S/C26H22ClFN4O5S/c1-3-15-5-8-17(9-6-15)30-22(33)14-32-24(34)21(38-26(32)35)12-16-7-10-19(20(11-16)36-4-2)37-23-18(28)13-29-25(27)31-23/h5-13H,3-4,14H2,1-2H3,(H,30,33)/b21-12+. The Hall–Kier alpha value is -3.96. The molecule has 1 fully saturated rings. The van der Waals surface area contributed by atoms with Gasteiger partial charge in [-0.1, -0.05) is 25.1 Å². The number of rotatable bonds is 9. The quantitative estimate of drug-likeness (QED) is 0.264. The van der Waals surface area contributed by atoms with Gasteiger partial charge in [0.15, 0.2) is 11.5 Å². The average Bonchev–Trinajstić information content (AvgIpc) is 3.15. The van der Waals surface area contributed by atoms with E-state index in [9.17, 15) is 18.8 Å². The zero-order valence-corrected chi connectivity index (χ0v) is 21.9. The number of aromatic nitrogens is 2. The van der Waals surface area contributed by atoms with Gasteiger partial charge in [0, 0.05) is 5.69 Å². The van der Waals surface area contributed by atoms with E-state index in [0.29, 0.717) is 11.3 Å². The van der Waals surface area contributed by atoms with Crippen molar-refractivity contribution < 1.29 is 28.2 Å². The summed E-state index contributed by atoms with van der Waals surface area (Å²) in [6, 6.07) is 12.0. The van der Waals surface area contributed by atoms with Gasteiger partial charge in [-0.05, 0) is 78.2 Å². The fourth-order valence-electron chi connectivity index (χ4n) is 3.43. The zero-order valence-electron chi connectivity index (χ0n) is 20.4. The normalized spacial score (nSPS) is 14.2. The lowest BCUT2D eigenvalue weighted by Crippen LogP contribution is -2.36. The summed E-state index contributed by atoms with van der Waals surface area (Å²) in [5, 5.41) is 1.95. The predicted molar refractivity (Wildman–Crippen MR) is 142 cm³/mol. The number of hydrogen-bond donors (Lipinski definition) is 1. The van der Waals surface area contributed by atoms with Crippen molar-refractivity contribution in [1.29, 1.82) is 0 Å². The van der Waals surface area contributed by atoms with Crippen molar-refractivity contribution in [3.8, 4) is 17.4 Å². The van der Waals surface area contributed by atoms with Gasteiger partial charge < -0.3 is 14.8 Å². The van der Waals surface area contributed by atoms with Crippen LogP contribution in [0.2, 0.25) is 5.28 Å². The number of anilines is 1. The second kappa shape index (κ2) is 12.1. The molecule has 1 aromatic heterocycles. The molecule has 1 aliphatic heterocycles. The maximum atomic E-state index is 14.0. The molecular formula is C26H22ClFN4O5S. The largest absolute Gasteiger partial charge is 0.490 e. The number of ether oxygens (including phenoxy) is 2. The second-order valence-corrected chi connectivity index (χ2v) is 9.23. The maximum absolute atomic E-state index is 14.0. The number of nitrogens with one attached hydrogen (secondary N) is 1. The van der Waals surface area contributed by atoms with E-state index >= 15 is 0 Å². The van der Waals surface area contributed by atoms with E-state index in [4.69, 9.17) is 21.1 Å². The van der Waals surface area contributed by atoms with Gasteiger partial charge >= 0.3 is 0 Å². The van der Waals surface area contributed by atoms with Gasteiger partial charge in [-0.2, -0.15) is 9.37 Å². The molecule has 2 aromatic carbocycles. The Morgan fingerprint density at radius 2 is 1.92 bits per heavy atom. The van der Waals surface area contributed by atoms with Crippen molar-refractivity contribution in [2.45, 2.75) is 20.3 Å². The Balaban J connectivity index is 1.48. The Morgan fingerprint density at radius 1 is 1.16 bits per heavy atom. The van der Waals surface area contributed by atoms with Crippen LogP contribution in [0.3, 0.4) is 0 Å². The number of thioether (sulfide) groups is 1. The highest BCUT2D eigenvalue weighted by Crippen LogP contribution is 2.36. The first-order valence-corrected chi connectivity index (χ1v) is 12.7. The Morgan fingerprint density at radius 3 is 2.63 bits per heavy atom. The van der Waals surface area contributed by atoms with E-state index in [0.717, 1.165) is 34.8 Å². The molecule has 0 saturated carbocycles. The Labute approximate surface area is 227 Å². The second-order valence-electron chi connectivity index (χ2n) is 7.90. The van der Waals surface area contributed by atoms with Crippen molar-refractivity contribution >= 4 is 52.2 Å². The summed E-state index contributed by atoms with van der Waals surface area (Å²) in [7, 11) is 0. The van der Waals surface area contributed by atoms with Crippen LogP contribution in [-0.4, -0.2) is 45.1 Å². The topological polar surface area (TPSA) is 111 Å². The van der Waals surface area contributed by atoms with Gasteiger partial charge in [0.1, 0.15) is 6.54 Å². The molecule has 1 N–H and O–H groups in total. The minimum absolute atomic E-state index is 0.139. The van der Waals surface area contributed by atoms with Gasteiger partial charge in [-0.15, -0.1) is 0 Å². The summed E-state index contributed by atoms with van der Waals surface area (Å²) in [5.74, 6) is -1.85. The zero-order chi connectivity index (χ0) is 27.2. The predicted octanol–water partition coefficient (Wildman–Crippen LogP) is 5.70. The van der Waals surface area contributed by atoms with E-state index in [2.05, 4.69) is 15.3 Å². The van der Waals surface area contributed by atoms with Crippen LogP contribution in [0.25, 0.3) is 6.08 Å². The number of imide groups is 1. The lowest BCUT2D eigenvalue weighted by Gasteiger charge is -2.13. The van der Waals surface area contributed by atoms with Crippen molar-refractivity contribution in [2.24, 2.45) is 0 Å². The minimum Gasteiger partial charge on any atom is -0.490 e. The first-order valence-electron chi connectivity index (χ1n) is 11.5. The summed E-state index contributed by atoms with van der Waals surface area (Å²) in [4.78, 5) is 46.1. The SMILES string of the molecule is CCOc1cc(/C=C2/SC(=O)N(CC(=O)Nc3ccc(CC)cc3)C2=O)ccc1Oc1nc(Cl)ncc1F.